The third-order valence-electron chi connectivity index (χ3n) is 3.94. The number of carbonyl (C=O) groups is 1. The summed E-state index contributed by atoms with van der Waals surface area (Å²) in [7, 11) is 0. The van der Waals surface area contributed by atoms with Crippen molar-refractivity contribution in [2.75, 3.05) is 5.32 Å². The lowest BCUT2D eigenvalue weighted by atomic mass is 10.1. The van der Waals surface area contributed by atoms with Gasteiger partial charge in [0.05, 0.1) is 5.69 Å². The van der Waals surface area contributed by atoms with E-state index in [0.717, 1.165) is 20.9 Å². The number of H-pyrrole nitrogens is 2. The van der Waals surface area contributed by atoms with Crippen molar-refractivity contribution in [2.45, 2.75) is 6.92 Å². The number of nitrogens with one attached hydrogen (secondary N) is 3. The van der Waals surface area contributed by atoms with E-state index in [4.69, 9.17) is 0 Å². The molecule has 2 heterocycles. The number of nitrogens with zero attached hydrogens (tertiary/aromatic N) is 3. The molecule has 0 aliphatic heterocycles. The van der Waals surface area contributed by atoms with Crippen molar-refractivity contribution in [2.24, 2.45) is 0 Å². The van der Waals surface area contributed by atoms with Crippen molar-refractivity contribution < 1.29 is 4.79 Å². The highest BCUT2D eigenvalue weighted by atomic mass is 79.9. The molecule has 0 saturated carbocycles. The first-order valence-corrected chi connectivity index (χ1v) is 8.34. The van der Waals surface area contributed by atoms with E-state index in [2.05, 4.69) is 46.9 Å². The summed E-state index contributed by atoms with van der Waals surface area (Å²) in [6, 6.07) is 13.3. The van der Waals surface area contributed by atoms with E-state index < -0.39 is 0 Å². The Morgan fingerprint density at radius 1 is 1.20 bits per heavy atom. The van der Waals surface area contributed by atoms with Crippen LogP contribution in [0.15, 0.2) is 46.9 Å². The molecule has 0 aliphatic rings. The molecule has 0 unspecified atom stereocenters. The van der Waals surface area contributed by atoms with Crippen LogP contribution in [0.1, 0.15) is 16.1 Å². The third-order valence-corrected chi connectivity index (χ3v) is 4.43. The molecule has 2 aromatic heterocycles. The van der Waals surface area contributed by atoms with E-state index in [9.17, 15) is 4.79 Å². The SMILES string of the molecule is Cc1cccc2cc(C(=O)Nc3ccc(Br)cc3-c3nnn[nH]3)[nH]c12. The highest BCUT2D eigenvalue weighted by Crippen LogP contribution is 2.29. The van der Waals surface area contributed by atoms with Crippen molar-refractivity contribution in [3.8, 4) is 11.4 Å². The second-order valence-corrected chi connectivity index (χ2v) is 6.53. The summed E-state index contributed by atoms with van der Waals surface area (Å²) in [5.41, 5.74) is 3.85. The molecule has 1 amide bonds. The van der Waals surface area contributed by atoms with Crippen molar-refractivity contribution in [1.82, 2.24) is 25.6 Å². The maximum Gasteiger partial charge on any atom is 0.272 e. The zero-order chi connectivity index (χ0) is 17.4. The van der Waals surface area contributed by atoms with Gasteiger partial charge >= 0.3 is 0 Å². The molecule has 7 nitrogen and oxygen atoms in total. The molecule has 0 spiro atoms. The summed E-state index contributed by atoms with van der Waals surface area (Å²) < 4.78 is 0.859. The van der Waals surface area contributed by atoms with Gasteiger partial charge in [0.2, 0.25) is 0 Å². The topological polar surface area (TPSA) is 99.3 Å². The van der Waals surface area contributed by atoms with Gasteiger partial charge in [0, 0.05) is 20.9 Å². The first-order valence-electron chi connectivity index (χ1n) is 7.55. The van der Waals surface area contributed by atoms with Gasteiger partial charge in [-0.3, -0.25) is 4.79 Å². The number of hydrogen-bond donors (Lipinski definition) is 3. The minimum Gasteiger partial charge on any atom is -0.350 e. The molecule has 3 N–H and O–H groups in total. The predicted octanol–water partition coefficient (Wildman–Crippen LogP) is 3.67. The number of anilines is 1. The number of rotatable bonds is 3. The minimum atomic E-state index is -0.230. The monoisotopic (exact) mass is 396 g/mol. The minimum absolute atomic E-state index is 0.230. The molecular weight excluding hydrogens is 384 g/mol. The Balaban J connectivity index is 1.70. The molecule has 25 heavy (non-hydrogen) atoms. The molecule has 2 aromatic carbocycles. The predicted molar refractivity (Wildman–Crippen MR) is 98.3 cm³/mol. The summed E-state index contributed by atoms with van der Waals surface area (Å²) in [6.07, 6.45) is 0. The number of halogens is 1. The number of hydrogen-bond acceptors (Lipinski definition) is 4. The molecule has 0 bridgehead atoms. The highest BCUT2D eigenvalue weighted by molar-refractivity contribution is 9.10. The fourth-order valence-corrected chi connectivity index (χ4v) is 3.08. The summed E-state index contributed by atoms with van der Waals surface area (Å²) in [5.74, 6) is 0.246. The smallest absolute Gasteiger partial charge is 0.272 e. The molecule has 8 heteroatoms. The average molecular weight is 397 g/mol. The Labute approximate surface area is 151 Å². The lowest BCUT2D eigenvalue weighted by Crippen LogP contribution is -2.13. The number of aryl methyl sites for hydroxylation is 1. The van der Waals surface area contributed by atoms with Crippen molar-refractivity contribution >= 4 is 38.4 Å². The average Bonchev–Trinajstić information content (AvgIpc) is 3.26. The van der Waals surface area contributed by atoms with Crippen LogP contribution in [-0.4, -0.2) is 31.5 Å². The van der Waals surface area contributed by atoms with Crippen LogP contribution in [0, 0.1) is 6.92 Å². The number of amides is 1. The lowest BCUT2D eigenvalue weighted by molar-refractivity contribution is 0.102. The number of fused-ring (bicyclic) bond motifs is 1. The molecule has 124 valence electrons. The van der Waals surface area contributed by atoms with E-state index in [1.165, 1.54) is 0 Å². The van der Waals surface area contributed by atoms with Gasteiger partial charge in [0.15, 0.2) is 5.82 Å². The van der Waals surface area contributed by atoms with Gasteiger partial charge in [-0.1, -0.05) is 34.1 Å². The Bertz CT molecular complexity index is 1070. The Morgan fingerprint density at radius 3 is 2.84 bits per heavy atom. The van der Waals surface area contributed by atoms with Crippen LogP contribution in [0.25, 0.3) is 22.3 Å². The number of benzene rings is 2. The number of aromatic amines is 2. The number of aromatic nitrogens is 5. The Kier molecular flexibility index (Phi) is 3.81. The van der Waals surface area contributed by atoms with Gasteiger partial charge in [-0.2, -0.15) is 0 Å². The maximum atomic E-state index is 12.7. The van der Waals surface area contributed by atoms with Crippen LogP contribution in [-0.2, 0) is 0 Å². The van der Waals surface area contributed by atoms with Crippen molar-refractivity contribution in [3.63, 3.8) is 0 Å². The van der Waals surface area contributed by atoms with Gasteiger partial charge < -0.3 is 10.3 Å². The fourth-order valence-electron chi connectivity index (χ4n) is 2.71. The summed E-state index contributed by atoms with van der Waals surface area (Å²) in [6.45, 7) is 2.00. The van der Waals surface area contributed by atoms with Gasteiger partial charge in [0.25, 0.3) is 5.91 Å². The fraction of sp³-hybridized carbons (Fsp3) is 0.0588. The number of para-hydroxylation sites is 1. The highest BCUT2D eigenvalue weighted by Gasteiger charge is 2.15. The van der Waals surface area contributed by atoms with Crippen LogP contribution in [0.2, 0.25) is 0 Å². The third kappa shape index (κ3) is 2.91. The lowest BCUT2D eigenvalue weighted by Gasteiger charge is -2.09. The zero-order valence-electron chi connectivity index (χ0n) is 13.2. The van der Waals surface area contributed by atoms with Gasteiger partial charge in [0.1, 0.15) is 5.69 Å². The summed E-state index contributed by atoms with van der Waals surface area (Å²) in [4.78, 5) is 15.9. The Hall–Kier alpha value is -3.00. The molecule has 4 aromatic rings. The van der Waals surface area contributed by atoms with Crippen molar-refractivity contribution in [3.05, 3.63) is 58.2 Å². The second kappa shape index (κ2) is 6.14. The molecule has 4 rings (SSSR count). The summed E-state index contributed by atoms with van der Waals surface area (Å²) in [5, 5.41) is 17.7. The second-order valence-electron chi connectivity index (χ2n) is 5.62. The van der Waals surface area contributed by atoms with E-state index >= 15 is 0 Å². The number of carbonyl (C=O) groups excluding carboxylic acids is 1. The number of tetrazole rings is 1. The van der Waals surface area contributed by atoms with Crippen LogP contribution in [0.5, 0.6) is 0 Å². The first-order chi connectivity index (χ1) is 12.1. The van der Waals surface area contributed by atoms with Gasteiger partial charge in [-0.05, 0) is 47.2 Å². The zero-order valence-corrected chi connectivity index (χ0v) is 14.8. The van der Waals surface area contributed by atoms with Gasteiger partial charge in [-0.25, -0.2) is 5.10 Å². The molecule has 0 saturated heterocycles. The van der Waals surface area contributed by atoms with Crippen LogP contribution >= 0.6 is 15.9 Å². The summed E-state index contributed by atoms with van der Waals surface area (Å²) >= 11 is 3.42. The molecule has 0 atom stereocenters. The maximum absolute atomic E-state index is 12.7. The van der Waals surface area contributed by atoms with Crippen LogP contribution in [0.3, 0.4) is 0 Å². The molecular formula is C17H13BrN6O. The molecule has 0 aliphatic carbocycles. The van der Waals surface area contributed by atoms with E-state index in [0.29, 0.717) is 22.8 Å². The van der Waals surface area contributed by atoms with Gasteiger partial charge in [-0.15, -0.1) is 5.10 Å². The standard InChI is InChI=1S/C17H13BrN6O/c1-9-3-2-4-10-7-14(19-15(9)10)17(25)20-13-6-5-11(18)8-12(13)16-21-23-24-22-16/h2-8,19H,1H3,(H,20,25)(H,21,22,23,24). The molecule has 0 radical (unpaired) electrons. The molecule has 0 fully saturated rings. The Morgan fingerprint density at radius 2 is 2.08 bits per heavy atom. The first kappa shape index (κ1) is 15.5. The quantitative estimate of drug-likeness (QED) is 0.491. The van der Waals surface area contributed by atoms with E-state index in [1.807, 2.05) is 43.3 Å². The largest absolute Gasteiger partial charge is 0.350 e. The van der Waals surface area contributed by atoms with E-state index in [1.54, 1.807) is 6.07 Å². The van der Waals surface area contributed by atoms with Crippen molar-refractivity contribution in [1.29, 1.82) is 0 Å². The normalized spacial score (nSPS) is 11.0. The van der Waals surface area contributed by atoms with Crippen LogP contribution in [0.4, 0.5) is 5.69 Å². The van der Waals surface area contributed by atoms with Crippen LogP contribution < -0.4 is 5.32 Å². The van der Waals surface area contributed by atoms with E-state index in [-0.39, 0.29) is 5.91 Å².